The average Bonchev–Trinajstić information content (AvgIpc) is 2.89. The quantitative estimate of drug-likeness (QED) is 0.505. The molecule has 0 radical (unpaired) electrons. The Kier molecular flexibility index (Phi) is 4.30. The number of thiophene rings is 1. The van der Waals surface area contributed by atoms with E-state index in [-0.39, 0.29) is 10.7 Å². The lowest BCUT2D eigenvalue weighted by Crippen LogP contribution is -2.54. The van der Waals surface area contributed by atoms with Crippen molar-refractivity contribution in [1.29, 1.82) is 0 Å². The molecule has 1 fully saturated rings. The first-order valence-electron chi connectivity index (χ1n) is 6.69. The van der Waals surface area contributed by atoms with E-state index in [2.05, 4.69) is 5.32 Å². The molecule has 0 spiro atoms. The maximum atomic E-state index is 12.8. The summed E-state index contributed by atoms with van der Waals surface area (Å²) < 4.78 is 0.589. The molecule has 1 N–H and O–H groups in total. The highest BCUT2D eigenvalue weighted by atomic mass is 35.5. The number of carbonyl (C=O) groups is 2. The molecule has 1 saturated heterocycles. The van der Waals surface area contributed by atoms with Crippen molar-refractivity contribution in [3.8, 4) is 0 Å². The zero-order valence-corrected chi connectivity index (χ0v) is 14.4. The summed E-state index contributed by atoms with van der Waals surface area (Å²) in [6.45, 7) is 1.92. The van der Waals surface area contributed by atoms with E-state index in [0.717, 1.165) is 10.4 Å². The highest BCUT2D eigenvalue weighted by Crippen LogP contribution is 2.26. The number of anilines is 1. The van der Waals surface area contributed by atoms with Crippen LogP contribution in [0.5, 0.6) is 0 Å². The Morgan fingerprint density at radius 3 is 2.70 bits per heavy atom. The topological polar surface area (TPSA) is 49.4 Å². The van der Waals surface area contributed by atoms with Gasteiger partial charge in [0.25, 0.3) is 11.8 Å². The van der Waals surface area contributed by atoms with Crippen LogP contribution < -0.4 is 10.2 Å². The minimum absolute atomic E-state index is 0.0265. The van der Waals surface area contributed by atoms with Gasteiger partial charge in [-0.05, 0) is 55.0 Å². The lowest BCUT2D eigenvalue weighted by Gasteiger charge is -2.29. The Balaban J connectivity index is 2.02. The van der Waals surface area contributed by atoms with Crippen LogP contribution in [0.4, 0.5) is 5.69 Å². The highest BCUT2D eigenvalue weighted by Gasteiger charge is 2.34. The predicted molar refractivity (Wildman–Crippen MR) is 96.7 cm³/mol. The van der Waals surface area contributed by atoms with Gasteiger partial charge in [-0.25, -0.2) is 0 Å². The largest absolute Gasteiger partial charge is 0.298 e. The molecule has 3 rings (SSSR count). The van der Waals surface area contributed by atoms with Crippen LogP contribution in [0.15, 0.2) is 42.0 Å². The first-order valence-corrected chi connectivity index (χ1v) is 8.29. The molecule has 1 aliphatic heterocycles. The van der Waals surface area contributed by atoms with Gasteiger partial charge in [0.05, 0.1) is 10.0 Å². The lowest BCUT2D eigenvalue weighted by atomic mass is 10.1. The van der Waals surface area contributed by atoms with Crippen molar-refractivity contribution in [3.63, 3.8) is 0 Å². The van der Waals surface area contributed by atoms with Gasteiger partial charge in [-0.15, -0.1) is 11.3 Å². The summed E-state index contributed by atoms with van der Waals surface area (Å²) in [4.78, 5) is 26.9. The van der Waals surface area contributed by atoms with E-state index in [1.165, 1.54) is 22.3 Å². The summed E-state index contributed by atoms with van der Waals surface area (Å²) in [5.41, 5.74) is 1.64. The first-order chi connectivity index (χ1) is 11.0. The van der Waals surface area contributed by atoms with Crippen LogP contribution in [0.25, 0.3) is 6.08 Å². The fourth-order valence-electron chi connectivity index (χ4n) is 2.21. The molecule has 2 heterocycles. The Labute approximate surface area is 147 Å². The number of benzene rings is 1. The Morgan fingerprint density at radius 2 is 2.04 bits per heavy atom. The molecule has 1 aromatic heterocycles. The Morgan fingerprint density at radius 1 is 1.26 bits per heavy atom. The summed E-state index contributed by atoms with van der Waals surface area (Å²) in [6, 6.07) is 10.8. The first kappa shape index (κ1) is 15.9. The van der Waals surface area contributed by atoms with Crippen molar-refractivity contribution in [3.05, 3.63) is 56.7 Å². The second-order valence-electron chi connectivity index (χ2n) is 4.94. The zero-order chi connectivity index (χ0) is 16.6. The third-order valence-electron chi connectivity index (χ3n) is 3.24. The number of amides is 2. The van der Waals surface area contributed by atoms with Crippen LogP contribution in [0, 0.1) is 6.92 Å². The molecule has 0 unspecified atom stereocenters. The molecule has 4 nitrogen and oxygen atoms in total. The fourth-order valence-corrected chi connectivity index (χ4v) is 3.49. The Bertz CT molecular complexity index is 857. The number of carbonyl (C=O) groups excluding carboxylic acids is 2. The van der Waals surface area contributed by atoms with Crippen LogP contribution in [0.3, 0.4) is 0 Å². The van der Waals surface area contributed by atoms with Crippen LogP contribution >= 0.6 is 35.2 Å². The van der Waals surface area contributed by atoms with E-state index in [0.29, 0.717) is 10.0 Å². The lowest BCUT2D eigenvalue weighted by molar-refractivity contribution is -0.122. The van der Waals surface area contributed by atoms with Crippen LogP contribution in [-0.4, -0.2) is 16.9 Å². The van der Waals surface area contributed by atoms with Gasteiger partial charge in [-0.3, -0.25) is 19.8 Å². The van der Waals surface area contributed by atoms with Gasteiger partial charge in [0.1, 0.15) is 5.57 Å². The number of aryl methyl sites for hydroxylation is 1. The molecule has 7 heteroatoms. The molecule has 0 saturated carbocycles. The molecule has 0 bridgehead atoms. The van der Waals surface area contributed by atoms with Crippen molar-refractivity contribution >= 4 is 63.8 Å². The third-order valence-corrected chi connectivity index (χ3v) is 4.70. The number of nitrogens with one attached hydrogen (secondary N) is 1. The van der Waals surface area contributed by atoms with Crippen LogP contribution in [0.2, 0.25) is 4.34 Å². The molecule has 23 heavy (non-hydrogen) atoms. The smallest absolute Gasteiger partial charge is 0.270 e. The van der Waals surface area contributed by atoms with E-state index < -0.39 is 11.8 Å². The molecular weight excluding hydrogens is 352 g/mol. The van der Waals surface area contributed by atoms with Crippen LogP contribution in [0.1, 0.15) is 10.4 Å². The van der Waals surface area contributed by atoms with Gasteiger partial charge in [-0.1, -0.05) is 23.7 Å². The minimum atomic E-state index is -0.506. The standard InChI is InChI=1S/C16H11ClN2O2S2/c1-9-3-2-4-10(7-9)19-15(21)12(14(20)18-16(19)22)8-11-5-6-13(17)23-11/h2-8H,1H3,(H,18,20,22)/b12-8+. The number of hydrogen-bond acceptors (Lipinski definition) is 4. The van der Waals surface area contributed by atoms with E-state index in [9.17, 15) is 9.59 Å². The van der Waals surface area contributed by atoms with Gasteiger partial charge in [0.15, 0.2) is 5.11 Å². The average molecular weight is 363 g/mol. The van der Waals surface area contributed by atoms with Crippen molar-refractivity contribution < 1.29 is 9.59 Å². The van der Waals surface area contributed by atoms with Gasteiger partial charge < -0.3 is 0 Å². The van der Waals surface area contributed by atoms with E-state index >= 15 is 0 Å². The number of thiocarbonyl (C=S) groups is 1. The van der Waals surface area contributed by atoms with Crippen molar-refractivity contribution in [2.45, 2.75) is 6.92 Å². The number of hydrogen-bond donors (Lipinski definition) is 1. The maximum absolute atomic E-state index is 12.8. The SMILES string of the molecule is Cc1cccc(N2C(=O)/C(=C/c3ccc(Cl)s3)C(=O)NC2=S)c1. The second kappa shape index (κ2) is 6.23. The van der Waals surface area contributed by atoms with Gasteiger partial charge in [0.2, 0.25) is 0 Å². The van der Waals surface area contributed by atoms with Crippen LogP contribution in [-0.2, 0) is 9.59 Å². The summed E-state index contributed by atoms with van der Waals surface area (Å²) >= 11 is 12.3. The number of rotatable bonds is 2. The molecule has 2 aromatic rings. The number of halogens is 1. The van der Waals surface area contributed by atoms with Gasteiger partial charge in [-0.2, -0.15) is 0 Å². The van der Waals surface area contributed by atoms with Crippen molar-refractivity contribution in [2.75, 3.05) is 4.90 Å². The molecule has 1 aromatic carbocycles. The summed E-state index contributed by atoms with van der Waals surface area (Å²) in [5, 5.41) is 2.63. The van der Waals surface area contributed by atoms with E-state index in [1.54, 1.807) is 18.2 Å². The minimum Gasteiger partial charge on any atom is -0.298 e. The van der Waals surface area contributed by atoms with E-state index in [4.69, 9.17) is 23.8 Å². The van der Waals surface area contributed by atoms with Gasteiger partial charge in [0, 0.05) is 4.88 Å². The molecule has 0 atom stereocenters. The fraction of sp³-hybridized carbons (Fsp3) is 0.0625. The van der Waals surface area contributed by atoms with Crippen molar-refractivity contribution in [2.24, 2.45) is 0 Å². The Hall–Kier alpha value is -2.02. The highest BCUT2D eigenvalue weighted by molar-refractivity contribution is 7.80. The van der Waals surface area contributed by atoms with Crippen molar-refractivity contribution in [1.82, 2.24) is 5.32 Å². The second-order valence-corrected chi connectivity index (χ2v) is 7.07. The zero-order valence-electron chi connectivity index (χ0n) is 12.0. The molecule has 1 aliphatic rings. The maximum Gasteiger partial charge on any atom is 0.270 e. The normalized spacial score (nSPS) is 16.9. The predicted octanol–water partition coefficient (Wildman–Crippen LogP) is 3.54. The summed E-state index contributed by atoms with van der Waals surface area (Å²) in [6.07, 6.45) is 1.53. The summed E-state index contributed by atoms with van der Waals surface area (Å²) in [5.74, 6) is -0.956. The third kappa shape index (κ3) is 3.19. The van der Waals surface area contributed by atoms with Gasteiger partial charge >= 0.3 is 0 Å². The molecule has 2 amide bonds. The molecule has 116 valence electrons. The molecular formula is C16H11ClN2O2S2. The summed E-state index contributed by atoms with van der Waals surface area (Å²) in [7, 11) is 0. The molecule has 0 aliphatic carbocycles. The monoisotopic (exact) mass is 362 g/mol. The number of nitrogens with zero attached hydrogens (tertiary/aromatic N) is 1. The van der Waals surface area contributed by atoms with E-state index in [1.807, 2.05) is 25.1 Å².